The normalized spacial score (nSPS) is 15.7. The maximum Gasteiger partial charge on any atom is 0.162 e. The summed E-state index contributed by atoms with van der Waals surface area (Å²) in [6.07, 6.45) is 5.20. The van der Waals surface area contributed by atoms with Crippen molar-refractivity contribution in [3.05, 3.63) is 82.5 Å². The molecule has 1 heterocycles. The quantitative estimate of drug-likeness (QED) is 0.828. The number of pyridine rings is 1. The van der Waals surface area contributed by atoms with Crippen molar-refractivity contribution in [2.24, 2.45) is 5.73 Å². The van der Waals surface area contributed by atoms with Gasteiger partial charge in [-0.1, -0.05) is 24.2 Å². The maximum atomic E-state index is 13.3. The summed E-state index contributed by atoms with van der Waals surface area (Å²) in [5.74, 6) is -0.483. The van der Waals surface area contributed by atoms with Gasteiger partial charge in [-0.15, -0.1) is 0 Å². The highest BCUT2D eigenvalue weighted by Gasteiger charge is 2.28. The number of carbonyl (C=O) groups is 1. The number of hydrogen-bond donors (Lipinski definition) is 2. The summed E-state index contributed by atoms with van der Waals surface area (Å²) in [5, 5.41) is 3.43. The number of Topliss-reactive ketones (excluding diaryl/α,β-unsaturated/α-hetero) is 1. The molecular formula is C20H19ClFN3O. The molecule has 0 aliphatic heterocycles. The first kappa shape index (κ1) is 18.3. The molecule has 0 saturated heterocycles. The first-order valence-electron chi connectivity index (χ1n) is 8.30. The summed E-state index contributed by atoms with van der Waals surface area (Å²) in [4.78, 5) is 16.7. The van der Waals surface area contributed by atoms with Crippen molar-refractivity contribution in [3.63, 3.8) is 0 Å². The number of rotatable bonds is 5. The van der Waals surface area contributed by atoms with Crippen LogP contribution in [0.3, 0.4) is 0 Å². The van der Waals surface area contributed by atoms with Crippen LogP contribution in [0.4, 0.5) is 4.39 Å². The molecule has 0 radical (unpaired) electrons. The van der Waals surface area contributed by atoms with E-state index in [4.69, 9.17) is 17.3 Å². The van der Waals surface area contributed by atoms with E-state index in [9.17, 15) is 9.18 Å². The second kappa shape index (κ2) is 7.81. The predicted molar refractivity (Wildman–Crippen MR) is 101 cm³/mol. The molecule has 134 valence electrons. The Kier molecular flexibility index (Phi) is 5.49. The zero-order valence-electron chi connectivity index (χ0n) is 14.1. The van der Waals surface area contributed by atoms with Gasteiger partial charge in [-0.3, -0.25) is 9.78 Å². The highest BCUT2D eigenvalue weighted by molar-refractivity contribution is 6.31. The molecule has 4 nitrogen and oxygen atoms in total. The third-order valence-electron chi connectivity index (χ3n) is 4.38. The van der Waals surface area contributed by atoms with Gasteiger partial charge in [0.05, 0.1) is 6.04 Å². The van der Waals surface area contributed by atoms with Gasteiger partial charge < -0.3 is 11.1 Å². The van der Waals surface area contributed by atoms with Crippen molar-refractivity contribution in [1.82, 2.24) is 10.3 Å². The third-order valence-corrected chi connectivity index (χ3v) is 4.70. The number of aromatic nitrogens is 1. The minimum Gasteiger partial charge on any atom is -0.358 e. The van der Waals surface area contributed by atoms with Crippen LogP contribution in [0.25, 0.3) is 5.70 Å². The first-order chi connectivity index (χ1) is 12.5. The van der Waals surface area contributed by atoms with Gasteiger partial charge in [0.2, 0.25) is 0 Å². The van der Waals surface area contributed by atoms with Gasteiger partial charge in [-0.25, -0.2) is 4.39 Å². The average molecular weight is 372 g/mol. The van der Waals surface area contributed by atoms with Crippen LogP contribution in [0.15, 0.2) is 60.6 Å². The number of benzene rings is 1. The predicted octanol–water partition coefficient (Wildman–Crippen LogP) is 4.14. The Labute approximate surface area is 156 Å². The minimum absolute atomic E-state index is 0.0365. The third kappa shape index (κ3) is 3.84. The van der Waals surface area contributed by atoms with Crippen LogP contribution in [-0.2, 0) is 4.79 Å². The molecule has 1 aromatic heterocycles. The van der Waals surface area contributed by atoms with E-state index in [0.29, 0.717) is 29.7 Å². The molecule has 0 amide bonds. The second-order valence-electron chi connectivity index (χ2n) is 6.16. The number of nitrogens with one attached hydrogen (secondary N) is 1. The molecule has 6 heteroatoms. The Morgan fingerprint density at radius 2 is 2.15 bits per heavy atom. The molecule has 26 heavy (non-hydrogen) atoms. The Morgan fingerprint density at radius 3 is 2.85 bits per heavy atom. The van der Waals surface area contributed by atoms with Crippen molar-refractivity contribution >= 4 is 23.1 Å². The fourth-order valence-electron chi connectivity index (χ4n) is 3.06. The van der Waals surface area contributed by atoms with Gasteiger partial charge in [0.1, 0.15) is 5.82 Å². The molecule has 0 saturated carbocycles. The summed E-state index contributed by atoms with van der Waals surface area (Å²) in [5.41, 5.74) is 9.52. The summed E-state index contributed by atoms with van der Waals surface area (Å²) in [7, 11) is 0. The Bertz CT molecular complexity index is 880. The van der Waals surface area contributed by atoms with Crippen molar-refractivity contribution in [2.75, 3.05) is 0 Å². The first-order valence-corrected chi connectivity index (χ1v) is 8.68. The molecule has 0 fully saturated rings. The number of halogens is 2. The molecule has 0 bridgehead atoms. The van der Waals surface area contributed by atoms with Crippen LogP contribution in [0.5, 0.6) is 0 Å². The highest BCUT2D eigenvalue weighted by Crippen LogP contribution is 2.33. The van der Waals surface area contributed by atoms with Gasteiger partial charge in [0.15, 0.2) is 5.78 Å². The van der Waals surface area contributed by atoms with E-state index >= 15 is 0 Å². The largest absolute Gasteiger partial charge is 0.358 e. The molecule has 0 spiro atoms. The van der Waals surface area contributed by atoms with Crippen LogP contribution in [0.2, 0.25) is 5.02 Å². The molecule has 1 aromatic carbocycles. The van der Waals surface area contributed by atoms with Crippen LogP contribution in [0, 0.1) is 5.82 Å². The van der Waals surface area contributed by atoms with E-state index in [-0.39, 0.29) is 10.8 Å². The zero-order chi connectivity index (χ0) is 18.7. The molecule has 2 aromatic rings. The summed E-state index contributed by atoms with van der Waals surface area (Å²) in [6, 6.07) is 6.96. The van der Waals surface area contributed by atoms with Crippen molar-refractivity contribution in [2.45, 2.75) is 25.3 Å². The number of ketones is 1. The summed E-state index contributed by atoms with van der Waals surface area (Å²) >= 11 is 6.14. The Morgan fingerprint density at radius 1 is 1.35 bits per heavy atom. The van der Waals surface area contributed by atoms with Crippen molar-refractivity contribution < 1.29 is 9.18 Å². The fourth-order valence-corrected chi connectivity index (χ4v) is 3.34. The molecule has 1 aliphatic rings. The van der Waals surface area contributed by atoms with E-state index in [0.717, 1.165) is 17.7 Å². The minimum atomic E-state index is -0.736. The van der Waals surface area contributed by atoms with Gasteiger partial charge in [0, 0.05) is 46.4 Å². The average Bonchev–Trinajstić information content (AvgIpc) is 2.62. The molecular weight excluding hydrogens is 353 g/mol. The monoisotopic (exact) mass is 371 g/mol. The molecule has 3 rings (SSSR count). The standard InChI is InChI=1S/C20H19ClFN3O/c1-12(13-4-3-9-24-11-13)25-17-5-2-6-18(26)19(17)20(23)15-8-7-14(22)10-16(15)21/h3-4,7-11,20,25H,1-2,5-6,23H2. The topological polar surface area (TPSA) is 68.0 Å². The Balaban J connectivity index is 1.96. The van der Waals surface area contributed by atoms with Gasteiger partial charge in [0.25, 0.3) is 0 Å². The molecule has 3 N–H and O–H groups in total. The zero-order valence-corrected chi connectivity index (χ0v) is 14.9. The maximum absolute atomic E-state index is 13.3. The lowest BCUT2D eigenvalue weighted by Crippen LogP contribution is -2.28. The number of nitrogens with zero attached hydrogens (tertiary/aromatic N) is 1. The van der Waals surface area contributed by atoms with Gasteiger partial charge >= 0.3 is 0 Å². The SMILES string of the molecule is C=C(NC1=C(C(N)c2ccc(F)cc2Cl)C(=O)CCC1)c1cccnc1. The Hall–Kier alpha value is -2.50. The smallest absolute Gasteiger partial charge is 0.162 e. The van der Waals surface area contributed by atoms with Gasteiger partial charge in [-0.05, 0) is 42.7 Å². The summed E-state index contributed by atoms with van der Waals surface area (Å²) < 4.78 is 13.3. The van der Waals surface area contributed by atoms with E-state index in [2.05, 4.69) is 16.9 Å². The van der Waals surface area contributed by atoms with Crippen LogP contribution < -0.4 is 11.1 Å². The number of hydrogen-bond acceptors (Lipinski definition) is 4. The second-order valence-corrected chi connectivity index (χ2v) is 6.56. The van der Waals surface area contributed by atoms with Crippen molar-refractivity contribution in [3.8, 4) is 0 Å². The number of carbonyl (C=O) groups excluding carboxylic acids is 1. The molecule has 1 atom stereocenters. The molecule has 1 unspecified atom stereocenters. The lowest BCUT2D eigenvalue weighted by molar-refractivity contribution is -0.116. The summed E-state index contributed by atoms with van der Waals surface area (Å²) in [6.45, 7) is 4.03. The lowest BCUT2D eigenvalue weighted by Gasteiger charge is -2.26. The lowest BCUT2D eigenvalue weighted by atomic mass is 9.86. The van der Waals surface area contributed by atoms with E-state index < -0.39 is 11.9 Å². The van der Waals surface area contributed by atoms with E-state index in [1.165, 1.54) is 18.2 Å². The van der Waals surface area contributed by atoms with E-state index in [1.807, 2.05) is 12.1 Å². The number of allylic oxidation sites excluding steroid dienone is 1. The van der Waals surface area contributed by atoms with Crippen molar-refractivity contribution in [1.29, 1.82) is 0 Å². The van der Waals surface area contributed by atoms with Crippen LogP contribution in [0.1, 0.15) is 36.4 Å². The van der Waals surface area contributed by atoms with E-state index in [1.54, 1.807) is 12.4 Å². The van der Waals surface area contributed by atoms with Gasteiger partial charge in [-0.2, -0.15) is 0 Å². The van der Waals surface area contributed by atoms with Crippen LogP contribution >= 0.6 is 11.6 Å². The highest BCUT2D eigenvalue weighted by atomic mass is 35.5. The number of nitrogens with two attached hydrogens (primary N) is 1. The van der Waals surface area contributed by atoms with Crippen LogP contribution in [-0.4, -0.2) is 10.8 Å². The molecule has 1 aliphatic carbocycles. The fraction of sp³-hybridized carbons (Fsp3) is 0.200.